The van der Waals surface area contributed by atoms with Crippen molar-refractivity contribution in [2.75, 3.05) is 23.3 Å². The van der Waals surface area contributed by atoms with Crippen molar-refractivity contribution in [3.63, 3.8) is 0 Å². The van der Waals surface area contributed by atoms with Crippen LogP contribution in [-0.4, -0.2) is 29.0 Å². The number of nitrogens with one attached hydrogen (secondary N) is 1. The van der Waals surface area contributed by atoms with Crippen LogP contribution in [0.25, 0.3) is 11.3 Å². The summed E-state index contributed by atoms with van der Waals surface area (Å²) >= 11 is 0. The van der Waals surface area contributed by atoms with E-state index in [0.29, 0.717) is 17.2 Å². The molecule has 0 unspecified atom stereocenters. The lowest BCUT2D eigenvalue weighted by atomic mass is 10.1. The predicted molar refractivity (Wildman–Crippen MR) is 95.0 cm³/mol. The average Bonchev–Trinajstić information content (AvgIpc) is 3.36. The first-order chi connectivity index (χ1) is 12.2. The van der Waals surface area contributed by atoms with Gasteiger partial charge in [-0.15, -0.1) is 0 Å². The third-order valence-electron chi connectivity index (χ3n) is 4.70. The molecule has 25 heavy (non-hydrogen) atoms. The molecule has 4 rings (SSSR count). The van der Waals surface area contributed by atoms with Crippen LogP contribution in [-0.2, 0) is 4.79 Å². The van der Waals surface area contributed by atoms with Gasteiger partial charge in [-0.25, -0.2) is 9.97 Å². The van der Waals surface area contributed by atoms with E-state index < -0.39 is 0 Å². The number of aromatic nitrogens is 2. The van der Waals surface area contributed by atoms with E-state index in [9.17, 15) is 10.1 Å². The molecule has 1 saturated heterocycles. The fourth-order valence-electron chi connectivity index (χ4n) is 3.16. The summed E-state index contributed by atoms with van der Waals surface area (Å²) in [4.78, 5) is 22.7. The largest absolute Gasteiger partial charge is 0.370 e. The van der Waals surface area contributed by atoms with Gasteiger partial charge in [-0.1, -0.05) is 6.07 Å². The molecule has 1 N–H and O–H groups in total. The van der Waals surface area contributed by atoms with Gasteiger partial charge < -0.3 is 4.90 Å². The molecule has 1 aromatic heterocycles. The van der Waals surface area contributed by atoms with Crippen molar-refractivity contribution in [1.82, 2.24) is 9.97 Å². The Morgan fingerprint density at radius 3 is 2.76 bits per heavy atom. The Bertz CT molecular complexity index is 847. The number of amides is 1. The SMILES string of the molecule is N#Cc1cc(-c2ccnc(NC(=O)C3CC3)n2)ccc1N1CCCC1. The van der Waals surface area contributed by atoms with Crippen LogP contribution >= 0.6 is 0 Å². The van der Waals surface area contributed by atoms with Crippen molar-refractivity contribution in [2.45, 2.75) is 25.7 Å². The predicted octanol–water partition coefficient (Wildman–Crippen LogP) is 2.96. The first-order valence-electron chi connectivity index (χ1n) is 8.68. The van der Waals surface area contributed by atoms with Gasteiger partial charge in [0.25, 0.3) is 0 Å². The van der Waals surface area contributed by atoms with Gasteiger partial charge in [-0.05, 0) is 43.9 Å². The van der Waals surface area contributed by atoms with Gasteiger partial charge in [0, 0.05) is 30.8 Å². The number of carbonyl (C=O) groups excluding carboxylic acids is 1. The molecule has 126 valence electrons. The molecule has 1 amide bonds. The summed E-state index contributed by atoms with van der Waals surface area (Å²) in [5.41, 5.74) is 3.19. The highest BCUT2D eigenvalue weighted by atomic mass is 16.2. The van der Waals surface area contributed by atoms with Crippen LogP contribution in [0.2, 0.25) is 0 Å². The van der Waals surface area contributed by atoms with E-state index in [1.807, 2.05) is 18.2 Å². The monoisotopic (exact) mass is 333 g/mol. The number of hydrogen-bond donors (Lipinski definition) is 1. The third-order valence-corrected chi connectivity index (χ3v) is 4.70. The van der Waals surface area contributed by atoms with Crippen molar-refractivity contribution in [3.8, 4) is 17.3 Å². The van der Waals surface area contributed by atoms with Crippen LogP contribution in [0.5, 0.6) is 0 Å². The second kappa shape index (κ2) is 6.52. The Balaban J connectivity index is 1.60. The Kier molecular flexibility index (Phi) is 4.06. The van der Waals surface area contributed by atoms with Gasteiger partial charge in [-0.2, -0.15) is 5.26 Å². The van der Waals surface area contributed by atoms with Crippen LogP contribution in [0, 0.1) is 17.2 Å². The number of nitriles is 1. The summed E-state index contributed by atoms with van der Waals surface area (Å²) in [6.07, 6.45) is 5.85. The van der Waals surface area contributed by atoms with Crippen LogP contribution in [0.4, 0.5) is 11.6 Å². The highest BCUT2D eigenvalue weighted by Gasteiger charge is 2.30. The molecule has 2 fully saturated rings. The van der Waals surface area contributed by atoms with Gasteiger partial charge in [-0.3, -0.25) is 10.1 Å². The van der Waals surface area contributed by atoms with E-state index in [4.69, 9.17) is 0 Å². The molecule has 6 nitrogen and oxygen atoms in total. The highest BCUT2D eigenvalue weighted by molar-refractivity contribution is 5.92. The third kappa shape index (κ3) is 3.31. The molecule has 2 aromatic rings. The maximum Gasteiger partial charge on any atom is 0.229 e. The zero-order valence-corrected chi connectivity index (χ0v) is 13.9. The molecule has 0 bridgehead atoms. The molecule has 2 heterocycles. The minimum absolute atomic E-state index is 0.0146. The van der Waals surface area contributed by atoms with Gasteiger partial charge in [0.2, 0.25) is 11.9 Å². The zero-order valence-electron chi connectivity index (χ0n) is 13.9. The molecular formula is C19H19N5O. The standard InChI is InChI=1S/C19H19N5O/c20-12-15-11-14(5-6-17(15)24-9-1-2-10-24)16-7-8-21-19(22-16)23-18(25)13-3-4-13/h5-8,11,13H,1-4,9-10H2,(H,21,22,23,25). The lowest BCUT2D eigenvalue weighted by Gasteiger charge is -2.19. The van der Waals surface area contributed by atoms with Crippen molar-refractivity contribution in [3.05, 3.63) is 36.0 Å². The number of carbonyl (C=O) groups is 1. The van der Waals surface area contributed by atoms with E-state index >= 15 is 0 Å². The normalized spacial score (nSPS) is 16.5. The Morgan fingerprint density at radius 1 is 1.24 bits per heavy atom. The Labute approximate surface area is 146 Å². The number of benzene rings is 1. The summed E-state index contributed by atoms with van der Waals surface area (Å²) < 4.78 is 0. The second-order valence-electron chi connectivity index (χ2n) is 6.57. The Hall–Kier alpha value is -2.94. The van der Waals surface area contributed by atoms with Crippen molar-refractivity contribution in [1.29, 1.82) is 5.26 Å². The van der Waals surface area contributed by atoms with Gasteiger partial charge in [0.05, 0.1) is 16.9 Å². The van der Waals surface area contributed by atoms with Crippen molar-refractivity contribution >= 4 is 17.5 Å². The summed E-state index contributed by atoms with van der Waals surface area (Å²) in [5.74, 6) is 0.410. The first kappa shape index (κ1) is 15.6. The number of nitrogens with zero attached hydrogens (tertiary/aromatic N) is 4. The first-order valence-corrected chi connectivity index (χ1v) is 8.68. The van der Waals surface area contributed by atoms with Crippen LogP contribution < -0.4 is 10.2 Å². The maximum atomic E-state index is 11.9. The van der Waals surface area contributed by atoms with E-state index in [-0.39, 0.29) is 11.8 Å². The van der Waals surface area contributed by atoms with Crippen LogP contribution in [0.3, 0.4) is 0 Å². The number of anilines is 2. The molecule has 1 aliphatic carbocycles. The lowest BCUT2D eigenvalue weighted by Crippen LogP contribution is -2.18. The second-order valence-corrected chi connectivity index (χ2v) is 6.57. The molecule has 0 atom stereocenters. The van der Waals surface area contributed by atoms with Crippen LogP contribution in [0.1, 0.15) is 31.2 Å². The summed E-state index contributed by atoms with van der Waals surface area (Å²) in [6.45, 7) is 2.00. The molecule has 6 heteroatoms. The summed E-state index contributed by atoms with van der Waals surface area (Å²) in [6, 6.07) is 9.92. The summed E-state index contributed by atoms with van der Waals surface area (Å²) in [7, 11) is 0. The molecule has 1 aliphatic heterocycles. The molecule has 1 aromatic carbocycles. The minimum Gasteiger partial charge on any atom is -0.370 e. The topological polar surface area (TPSA) is 81.9 Å². The fraction of sp³-hybridized carbons (Fsp3) is 0.368. The van der Waals surface area contributed by atoms with Gasteiger partial charge in [0.1, 0.15) is 6.07 Å². The van der Waals surface area contributed by atoms with Gasteiger partial charge in [0.15, 0.2) is 0 Å². The number of hydrogen-bond acceptors (Lipinski definition) is 5. The molecule has 2 aliphatic rings. The molecule has 0 radical (unpaired) electrons. The maximum absolute atomic E-state index is 11.9. The van der Waals surface area contributed by atoms with Crippen molar-refractivity contribution < 1.29 is 4.79 Å². The molecular weight excluding hydrogens is 314 g/mol. The fourth-order valence-corrected chi connectivity index (χ4v) is 3.16. The van der Waals surface area contributed by atoms with E-state index in [0.717, 1.165) is 37.2 Å². The molecule has 0 spiro atoms. The zero-order chi connectivity index (χ0) is 17.2. The minimum atomic E-state index is -0.0146. The van der Waals surface area contributed by atoms with Crippen LogP contribution in [0.15, 0.2) is 30.5 Å². The number of rotatable bonds is 4. The molecule has 1 saturated carbocycles. The quantitative estimate of drug-likeness (QED) is 0.930. The summed E-state index contributed by atoms with van der Waals surface area (Å²) in [5, 5.41) is 12.3. The van der Waals surface area contributed by atoms with E-state index in [2.05, 4.69) is 26.3 Å². The van der Waals surface area contributed by atoms with Gasteiger partial charge >= 0.3 is 0 Å². The lowest BCUT2D eigenvalue weighted by molar-refractivity contribution is -0.117. The highest BCUT2D eigenvalue weighted by Crippen LogP contribution is 2.31. The van der Waals surface area contributed by atoms with E-state index in [1.165, 1.54) is 12.8 Å². The Morgan fingerprint density at radius 2 is 2.04 bits per heavy atom. The van der Waals surface area contributed by atoms with E-state index in [1.54, 1.807) is 12.3 Å². The smallest absolute Gasteiger partial charge is 0.229 e. The van der Waals surface area contributed by atoms with Crippen molar-refractivity contribution in [2.24, 2.45) is 5.92 Å². The average molecular weight is 333 g/mol.